The van der Waals surface area contributed by atoms with Crippen LogP contribution >= 0.6 is 23.2 Å². The van der Waals surface area contributed by atoms with E-state index in [2.05, 4.69) is 4.98 Å². The molecule has 0 unspecified atom stereocenters. The molecule has 0 amide bonds. The largest absolute Gasteiger partial charge is 0.383 e. The summed E-state index contributed by atoms with van der Waals surface area (Å²) in [6.07, 6.45) is 2.96. The summed E-state index contributed by atoms with van der Waals surface area (Å²) in [7, 11) is 3.42. The molecule has 0 radical (unpaired) electrons. The number of hydrogen-bond acceptors (Lipinski definition) is 5. The van der Waals surface area contributed by atoms with Crippen molar-refractivity contribution in [1.82, 2.24) is 9.88 Å². The van der Waals surface area contributed by atoms with Gasteiger partial charge in [0, 0.05) is 37.6 Å². The van der Waals surface area contributed by atoms with E-state index in [1.54, 1.807) is 25.1 Å². The van der Waals surface area contributed by atoms with Gasteiger partial charge in [0.05, 0.1) is 21.6 Å². The minimum absolute atomic E-state index is 0.0313. The van der Waals surface area contributed by atoms with Crippen LogP contribution in [0.15, 0.2) is 42.7 Å². The van der Waals surface area contributed by atoms with Crippen molar-refractivity contribution in [2.45, 2.75) is 0 Å². The summed E-state index contributed by atoms with van der Waals surface area (Å²) in [5.41, 5.74) is 0.182. The van der Waals surface area contributed by atoms with Crippen molar-refractivity contribution in [3.05, 3.63) is 74.1 Å². The molecule has 8 heteroatoms. The van der Waals surface area contributed by atoms with Crippen molar-refractivity contribution in [2.75, 3.05) is 14.1 Å². The van der Waals surface area contributed by atoms with Crippen molar-refractivity contribution in [1.29, 1.82) is 0 Å². The van der Waals surface area contributed by atoms with Gasteiger partial charge in [-0.1, -0.05) is 23.2 Å². The van der Waals surface area contributed by atoms with E-state index in [-0.39, 0.29) is 32.6 Å². The number of pyridine rings is 1. The highest BCUT2D eigenvalue weighted by molar-refractivity contribution is 6.38. The number of carbonyl (C=O) groups excluding carboxylic acids is 1. The van der Waals surface area contributed by atoms with E-state index in [9.17, 15) is 14.9 Å². The Morgan fingerprint density at radius 3 is 2.54 bits per heavy atom. The average Bonchev–Trinajstić information content (AvgIpc) is 2.52. The van der Waals surface area contributed by atoms with Crippen LogP contribution in [0.2, 0.25) is 10.2 Å². The fourth-order valence-electron chi connectivity index (χ4n) is 2.09. The number of hydrogen-bond donors (Lipinski definition) is 0. The van der Waals surface area contributed by atoms with Gasteiger partial charge in [-0.25, -0.2) is 4.98 Å². The van der Waals surface area contributed by atoms with Crippen LogP contribution in [0.3, 0.4) is 0 Å². The number of ketones is 1. The lowest BCUT2D eigenvalue weighted by Gasteiger charge is -2.13. The molecule has 24 heavy (non-hydrogen) atoms. The van der Waals surface area contributed by atoms with E-state index in [1.165, 1.54) is 36.7 Å². The number of nitrogens with zero attached hydrogens (tertiary/aromatic N) is 3. The van der Waals surface area contributed by atoms with Gasteiger partial charge >= 0.3 is 0 Å². The molecule has 0 saturated carbocycles. The highest BCUT2D eigenvalue weighted by atomic mass is 35.5. The lowest BCUT2D eigenvalue weighted by Crippen LogP contribution is -2.11. The molecular formula is C16H13Cl2N3O3. The van der Waals surface area contributed by atoms with E-state index in [0.717, 1.165) is 0 Å². The van der Waals surface area contributed by atoms with Crippen molar-refractivity contribution in [3.63, 3.8) is 0 Å². The van der Waals surface area contributed by atoms with E-state index < -0.39 is 10.7 Å². The molecule has 0 spiro atoms. The first-order valence-corrected chi connectivity index (χ1v) is 7.54. The third-order valence-electron chi connectivity index (χ3n) is 3.08. The second-order valence-corrected chi connectivity index (χ2v) is 5.89. The maximum atomic E-state index is 12.9. The summed E-state index contributed by atoms with van der Waals surface area (Å²) in [5, 5.41) is 11.6. The Kier molecular flexibility index (Phi) is 5.54. The van der Waals surface area contributed by atoms with E-state index >= 15 is 0 Å². The molecule has 2 aromatic rings. The predicted molar refractivity (Wildman–Crippen MR) is 93.3 cm³/mol. The first kappa shape index (κ1) is 17.9. The van der Waals surface area contributed by atoms with Crippen LogP contribution in [0.4, 0.5) is 5.69 Å². The normalized spacial score (nSPS) is 11.2. The summed E-state index contributed by atoms with van der Waals surface area (Å²) >= 11 is 11.8. The van der Waals surface area contributed by atoms with E-state index in [4.69, 9.17) is 23.2 Å². The van der Waals surface area contributed by atoms with Crippen LogP contribution in [-0.2, 0) is 0 Å². The molecule has 124 valence electrons. The summed E-state index contributed by atoms with van der Waals surface area (Å²) in [6, 6.07) is 7.23. The van der Waals surface area contributed by atoms with Gasteiger partial charge in [0.2, 0.25) is 0 Å². The Bertz CT molecular complexity index is 835. The zero-order valence-corrected chi connectivity index (χ0v) is 14.4. The van der Waals surface area contributed by atoms with Gasteiger partial charge in [-0.3, -0.25) is 14.9 Å². The van der Waals surface area contributed by atoms with Gasteiger partial charge in [-0.15, -0.1) is 0 Å². The first-order valence-electron chi connectivity index (χ1n) is 6.79. The monoisotopic (exact) mass is 365 g/mol. The van der Waals surface area contributed by atoms with Gasteiger partial charge in [0.25, 0.3) is 5.69 Å². The van der Waals surface area contributed by atoms with Crippen molar-refractivity contribution >= 4 is 40.2 Å². The molecule has 0 aliphatic carbocycles. The van der Waals surface area contributed by atoms with Crippen molar-refractivity contribution in [3.8, 4) is 0 Å². The number of benzene rings is 1. The van der Waals surface area contributed by atoms with Crippen molar-refractivity contribution < 1.29 is 9.72 Å². The summed E-state index contributed by atoms with van der Waals surface area (Å²) in [4.78, 5) is 29.1. The number of aromatic nitrogens is 1. The number of carbonyl (C=O) groups is 1. The Morgan fingerprint density at radius 1 is 1.25 bits per heavy atom. The van der Waals surface area contributed by atoms with Crippen LogP contribution in [0, 0.1) is 10.1 Å². The second kappa shape index (κ2) is 7.42. The third-order valence-corrected chi connectivity index (χ3v) is 3.62. The average molecular weight is 366 g/mol. The molecule has 0 bridgehead atoms. The molecule has 0 aliphatic rings. The lowest BCUT2D eigenvalue weighted by atomic mass is 9.97. The second-order valence-electron chi connectivity index (χ2n) is 5.10. The summed E-state index contributed by atoms with van der Waals surface area (Å²) in [5.74, 6) is -0.466. The highest BCUT2D eigenvalue weighted by Crippen LogP contribution is 2.32. The minimum Gasteiger partial charge on any atom is -0.383 e. The van der Waals surface area contributed by atoms with Gasteiger partial charge in [0.15, 0.2) is 5.78 Å². The Balaban J connectivity index is 2.66. The van der Waals surface area contributed by atoms with Gasteiger partial charge < -0.3 is 4.90 Å². The molecule has 1 aromatic carbocycles. The van der Waals surface area contributed by atoms with Crippen LogP contribution in [0.1, 0.15) is 15.9 Å². The maximum absolute atomic E-state index is 12.9. The Morgan fingerprint density at radius 2 is 1.96 bits per heavy atom. The van der Waals surface area contributed by atoms with Gasteiger partial charge in [-0.05, 0) is 24.3 Å². The number of allylic oxidation sites excluding steroid dienone is 1. The number of nitro benzene ring substituents is 1. The standard InChI is InChI=1S/C16H13Cl2N3O3/c1-20(2)9-13(15(22)12-4-3-7-19-16(12)18)11-6-5-10(17)8-14(11)21(23)24/h3-9H,1-2H3. The molecule has 0 N–H and O–H groups in total. The SMILES string of the molecule is CN(C)C=C(C(=O)c1cccnc1Cl)c1ccc(Cl)cc1[N+](=O)[O-]. The molecule has 0 atom stereocenters. The molecule has 1 aromatic heterocycles. The third kappa shape index (κ3) is 3.90. The zero-order valence-electron chi connectivity index (χ0n) is 12.9. The predicted octanol–water partition coefficient (Wildman–Crippen LogP) is 4.08. The van der Waals surface area contributed by atoms with Crippen molar-refractivity contribution in [2.24, 2.45) is 0 Å². The summed E-state index contributed by atoms with van der Waals surface area (Å²) < 4.78 is 0. The fourth-order valence-corrected chi connectivity index (χ4v) is 2.46. The van der Waals surface area contributed by atoms with E-state index in [0.29, 0.717) is 0 Å². The maximum Gasteiger partial charge on any atom is 0.278 e. The zero-order chi connectivity index (χ0) is 17.9. The van der Waals surface area contributed by atoms with Gasteiger partial charge in [0.1, 0.15) is 5.15 Å². The van der Waals surface area contributed by atoms with Crippen LogP contribution in [0.25, 0.3) is 5.57 Å². The summed E-state index contributed by atoms with van der Waals surface area (Å²) in [6.45, 7) is 0. The quantitative estimate of drug-likeness (QED) is 0.262. The molecule has 0 saturated heterocycles. The minimum atomic E-state index is -0.581. The molecule has 6 nitrogen and oxygen atoms in total. The Hall–Kier alpha value is -2.44. The van der Waals surface area contributed by atoms with Crippen LogP contribution in [-0.4, -0.2) is 34.7 Å². The smallest absolute Gasteiger partial charge is 0.278 e. The van der Waals surface area contributed by atoms with Gasteiger partial charge in [-0.2, -0.15) is 0 Å². The number of Topliss-reactive ketones (excluding diaryl/α,β-unsaturated/α-hetero) is 1. The molecular weight excluding hydrogens is 353 g/mol. The molecule has 2 rings (SSSR count). The number of halogens is 2. The number of nitro groups is 1. The molecule has 1 heterocycles. The topological polar surface area (TPSA) is 76.3 Å². The highest BCUT2D eigenvalue weighted by Gasteiger charge is 2.25. The van der Waals surface area contributed by atoms with Crippen LogP contribution < -0.4 is 0 Å². The first-order chi connectivity index (χ1) is 11.3. The molecule has 0 fully saturated rings. The van der Waals surface area contributed by atoms with E-state index in [1.807, 2.05) is 0 Å². The fraction of sp³-hybridized carbons (Fsp3) is 0.125. The Labute approximate surface area is 148 Å². The molecule has 0 aliphatic heterocycles. The van der Waals surface area contributed by atoms with Crippen LogP contribution in [0.5, 0.6) is 0 Å². The number of rotatable bonds is 5. The lowest BCUT2D eigenvalue weighted by molar-refractivity contribution is -0.385.